The van der Waals surface area contributed by atoms with Crippen LogP contribution >= 0.6 is 0 Å². The van der Waals surface area contributed by atoms with Crippen LogP contribution in [0.3, 0.4) is 0 Å². The van der Waals surface area contributed by atoms with Gasteiger partial charge in [-0.3, -0.25) is 10.1 Å². The van der Waals surface area contributed by atoms with Gasteiger partial charge in [-0.15, -0.1) is 0 Å². The van der Waals surface area contributed by atoms with E-state index in [1.54, 1.807) is 38.1 Å². The van der Waals surface area contributed by atoms with E-state index in [9.17, 15) is 14.4 Å². The number of nitrogens with one attached hydrogen (secondary N) is 1. The second kappa shape index (κ2) is 9.38. The minimum absolute atomic E-state index is 0.162. The number of hydrogen-bond donors (Lipinski definition) is 2. The normalized spacial score (nSPS) is 11.5. The number of esters is 1. The lowest BCUT2D eigenvalue weighted by Gasteiger charge is -2.20. The average molecular weight is 370 g/mol. The molecule has 0 aliphatic rings. The van der Waals surface area contributed by atoms with Crippen LogP contribution in [-0.2, 0) is 16.1 Å². The summed E-state index contributed by atoms with van der Waals surface area (Å²) in [5, 5.41) is 1.94. The van der Waals surface area contributed by atoms with Gasteiger partial charge >= 0.3 is 12.0 Å². The van der Waals surface area contributed by atoms with E-state index in [4.69, 9.17) is 15.2 Å². The van der Waals surface area contributed by atoms with E-state index in [1.807, 2.05) is 35.6 Å². The Bertz CT molecular complexity index is 805. The first kappa shape index (κ1) is 20.0. The number of benzene rings is 2. The molecule has 7 heteroatoms. The quantitative estimate of drug-likeness (QED) is 0.729. The van der Waals surface area contributed by atoms with E-state index in [-0.39, 0.29) is 18.1 Å². The van der Waals surface area contributed by atoms with Crippen molar-refractivity contribution >= 4 is 17.9 Å². The van der Waals surface area contributed by atoms with E-state index in [2.05, 4.69) is 0 Å². The summed E-state index contributed by atoms with van der Waals surface area (Å²) in [4.78, 5) is 35.6. The summed E-state index contributed by atoms with van der Waals surface area (Å²) >= 11 is 0. The molecule has 2 rings (SSSR count). The third-order valence-corrected chi connectivity index (χ3v) is 3.72. The van der Waals surface area contributed by atoms with Crippen LogP contribution in [0.25, 0.3) is 0 Å². The van der Waals surface area contributed by atoms with Crippen molar-refractivity contribution in [3.63, 3.8) is 0 Å². The summed E-state index contributed by atoms with van der Waals surface area (Å²) in [5.41, 5.74) is 5.86. The molecule has 142 valence electrons. The van der Waals surface area contributed by atoms with Gasteiger partial charge in [0.15, 0.2) is 6.10 Å². The Kier molecular flexibility index (Phi) is 6.93. The van der Waals surface area contributed by atoms with Crippen LogP contribution in [0.1, 0.15) is 29.8 Å². The largest absolute Gasteiger partial charge is 0.489 e. The third kappa shape index (κ3) is 5.85. The minimum atomic E-state index is -1.15. The molecule has 0 aromatic heterocycles. The fraction of sp³-hybridized carbons (Fsp3) is 0.250. The zero-order valence-corrected chi connectivity index (χ0v) is 15.2. The number of hydrogen-bond acceptors (Lipinski definition) is 5. The summed E-state index contributed by atoms with van der Waals surface area (Å²) in [7, 11) is 0. The van der Waals surface area contributed by atoms with Gasteiger partial charge in [-0.2, -0.15) is 0 Å². The van der Waals surface area contributed by atoms with Gasteiger partial charge in [-0.1, -0.05) is 50.2 Å². The predicted octanol–water partition coefficient (Wildman–Crippen LogP) is 2.64. The van der Waals surface area contributed by atoms with Gasteiger partial charge < -0.3 is 15.2 Å². The van der Waals surface area contributed by atoms with Crippen LogP contribution in [0.15, 0.2) is 54.6 Å². The zero-order valence-electron chi connectivity index (χ0n) is 15.2. The second-order valence-corrected chi connectivity index (χ2v) is 6.18. The first-order valence-electron chi connectivity index (χ1n) is 8.45. The number of rotatable bonds is 7. The number of nitrogens with two attached hydrogens (primary N) is 1. The molecular formula is C20H22N2O5. The maximum Gasteiger partial charge on any atom is 0.339 e. The molecule has 0 radical (unpaired) electrons. The molecule has 0 aliphatic carbocycles. The highest BCUT2D eigenvalue weighted by Crippen LogP contribution is 2.17. The number of ether oxygens (including phenoxy) is 2. The summed E-state index contributed by atoms with van der Waals surface area (Å²) < 4.78 is 11.0. The van der Waals surface area contributed by atoms with E-state index in [0.29, 0.717) is 11.3 Å². The fourth-order valence-corrected chi connectivity index (χ4v) is 2.39. The summed E-state index contributed by atoms with van der Waals surface area (Å²) in [6, 6.07) is 15.0. The molecule has 27 heavy (non-hydrogen) atoms. The molecule has 0 heterocycles. The van der Waals surface area contributed by atoms with Gasteiger partial charge in [0.05, 0.1) is 5.56 Å². The number of urea groups is 1. The van der Waals surface area contributed by atoms with Gasteiger partial charge in [0.2, 0.25) is 0 Å². The highest BCUT2D eigenvalue weighted by molar-refractivity contribution is 5.98. The second-order valence-electron chi connectivity index (χ2n) is 6.18. The van der Waals surface area contributed by atoms with Gasteiger partial charge in [0.25, 0.3) is 5.91 Å². The number of primary amides is 1. The molecule has 0 fully saturated rings. The van der Waals surface area contributed by atoms with Gasteiger partial charge in [-0.25, -0.2) is 9.59 Å². The van der Waals surface area contributed by atoms with Crippen LogP contribution in [-0.4, -0.2) is 24.0 Å². The first-order valence-corrected chi connectivity index (χ1v) is 8.45. The first-order chi connectivity index (χ1) is 12.9. The van der Waals surface area contributed by atoms with Gasteiger partial charge in [0.1, 0.15) is 12.4 Å². The molecule has 3 N–H and O–H groups in total. The van der Waals surface area contributed by atoms with Crippen LogP contribution in [0.5, 0.6) is 5.75 Å². The lowest BCUT2D eigenvalue weighted by atomic mass is 10.1. The number of amides is 3. The van der Waals surface area contributed by atoms with Crippen molar-refractivity contribution in [1.29, 1.82) is 0 Å². The van der Waals surface area contributed by atoms with Crippen molar-refractivity contribution in [1.82, 2.24) is 5.32 Å². The van der Waals surface area contributed by atoms with Crippen molar-refractivity contribution in [3.05, 3.63) is 65.7 Å². The van der Waals surface area contributed by atoms with E-state index >= 15 is 0 Å². The van der Waals surface area contributed by atoms with Crippen molar-refractivity contribution in [2.24, 2.45) is 11.7 Å². The molecule has 0 bridgehead atoms. The highest BCUT2D eigenvalue weighted by atomic mass is 16.5. The molecule has 2 aromatic rings. The number of imide groups is 1. The Labute approximate surface area is 157 Å². The Morgan fingerprint density at radius 3 is 2.26 bits per heavy atom. The van der Waals surface area contributed by atoms with E-state index in [0.717, 1.165) is 0 Å². The number of carbonyl (C=O) groups is 3. The van der Waals surface area contributed by atoms with Crippen LogP contribution in [0.2, 0.25) is 0 Å². The summed E-state index contributed by atoms with van der Waals surface area (Å²) in [6.45, 7) is 3.56. The van der Waals surface area contributed by atoms with Crippen molar-refractivity contribution in [3.8, 4) is 5.75 Å². The topological polar surface area (TPSA) is 108 Å². The number of para-hydroxylation sites is 1. The molecule has 2 aromatic carbocycles. The van der Waals surface area contributed by atoms with Gasteiger partial charge in [-0.05, 0) is 24.1 Å². The summed E-state index contributed by atoms with van der Waals surface area (Å²) in [6.07, 6.45) is -1.15. The van der Waals surface area contributed by atoms with E-state index < -0.39 is 24.0 Å². The van der Waals surface area contributed by atoms with Crippen LogP contribution < -0.4 is 15.8 Å². The predicted molar refractivity (Wildman–Crippen MR) is 99.0 cm³/mol. The molecular weight excluding hydrogens is 348 g/mol. The Morgan fingerprint density at radius 2 is 1.63 bits per heavy atom. The highest BCUT2D eigenvalue weighted by Gasteiger charge is 2.28. The third-order valence-electron chi connectivity index (χ3n) is 3.72. The zero-order chi connectivity index (χ0) is 19.8. The van der Waals surface area contributed by atoms with Crippen LogP contribution in [0.4, 0.5) is 4.79 Å². The molecule has 0 spiro atoms. The molecule has 7 nitrogen and oxygen atoms in total. The number of carbonyl (C=O) groups excluding carboxylic acids is 3. The molecule has 3 amide bonds. The van der Waals surface area contributed by atoms with E-state index in [1.165, 1.54) is 0 Å². The molecule has 1 atom stereocenters. The molecule has 0 saturated carbocycles. The standard InChI is InChI=1S/C20H22N2O5/c1-13(2)17(18(23)22-20(21)25)27-19(24)16-11-7-6-8-14(16)12-26-15-9-4-3-5-10-15/h3-11,13,17H,12H2,1-2H3,(H3,21,22,23,25). The van der Waals surface area contributed by atoms with Crippen molar-refractivity contribution < 1.29 is 23.9 Å². The minimum Gasteiger partial charge on any atom is -0.489 e. The maximum absolute atomic E-state index is 12.6. The SMILES string of the molecule is CC(C)C(OC(=O)c1ccccc1COc1ccccc1)C(=O)NC(N)=O. The molecule has 0 saturated heterocycles. The lowest BCUT2D eigenvalue weighted by Crippen LogP contribution is -2.45. The maximum atomic E-state index is 12.6. The smallest absolute Gasteiger partial charge is 0.339 e. The fourth-order valence-electron chi connectivity index (χ4n) is 2.39. The van der Waals surface area contributed by atoms with Crippen molar-refractivity contribution in [2.45, 2.75) is 26.6 Å². The Hall–Kier alpha value is -3.35. The molecule has 1 unspecified atom stereocenters. The lowest BCUT2D eigenvalue weighted by molar-refractivity contribution is -0.130. The summed E-state index contributed by atoms with van der Waals surface area (Å²) in [5.74, 6) is -1.12. The Balaban J connectivity index is 2.13. The van der Waals surface area contributed by atoms with Crippen molar-refractivity contribution in [2.75, 3.05) is 0 Å². The van der Waals surface area contributed by atoms with Gasteiger partial charge in [0, 0.05) is 5.56 Å². The monoisotopic (exact) mass is 370 g/mol. The van der Waals surface area contributed by atoms with Crippen LogP contribution in [0, 0.1) is 5.92 Å². The average Bonchev–Trinajstić information content (AvgIpc) is 2.64. The Morgan fingerprint density at radius 1 is 1.00 bits per heavy atom. The molecule has 0 aliphatic heterocycles.